The minimum absolute atomic E-state index is 0.0734. The van der Waals surface area contributed by atoms with Crippen molar-refractivity contribution in [2.45, 2.75) is 69.2 Å². The van der Waals surface area contributed by atoms with Gasteiger partial charge in [-0.1, -0.05) is 11.6 Å². The van der Waals surface area contributed by atoms with Crippen LogP contribution in [0.3, 0.4) is 0 Å². The molecule has 0 unspecified atom stereocenters. The monoisotopic (exact) mass is 579 g/mol. The van der Waals surface area contributed by atoms with Crippen LogP contribution in [0.4, 0.5) is 10.1 Å². The Morgan fingerprint density at radius 2 is 2.03 bits per heavy atom. The van der Waals surface area contributed by atoms with E-state index in [2.05, 4.69) is 15.4 Å². The van der Waals surface area contributed by atoms with Crippen molar-refractivity contribution >= 4 is 45.8 Å². The van der Waals surface area contributed by atoms with Crippen LogP contribution in [0.5, 0.6) is 0 Å². The highest BCUT2D eigenvalue weighted by Crippen LogP contribution is 2.46. The molecule has 4 heterocycles. The lowest BCUT2D eigenvalue weighted by Gasteiger charge is -2.31. The number of nitriles is 1. The maximum atomic E-state index is 13.4. The zero-order valence-corrected chi connectivity index (χ0v) is 22.1. The summed E-state index contributed by atoms with van der Waals surface area (Å²) in [6.45, 7) is 3.27. The molecular formula is C20H24ClFN5O8PS. The maximum absolute atomic E-state index is 13.4. The SMILES string of the molecule is CC1(C)O[C@@H]2[C@H](O1)[C@@H](CS(=O)(=O)CP(=O)(O)O)O[C@H]2n1ncc2c(NC3CC(F)C3)c(C#N)c(Cl)nc21. The van der Waals surface area contributed by atoms with Crippen molar-refractivity contribution in [3.63, 3.8) is 0 Å². The Balaban J connectivity index is 1.51. The predicted octanol–water partition coefficient (Wildman–Crippen LogP) is 1.84. The molecule has 0 aromatic carbocycles. The van der Waals surface area contributed by atoms with Crippen LogP contribution in [0.2, 0.25) is 5.15 Å². The summed E-state index contributed by atoms with van der Waals surface area (Å²) in [6, 6.07) is 1.81. The minimum atomic E-state index is -4.84. The normalized spacial score (nSPS) is 31.2. The molecule has 2 saturated heterocycles. The first-order valence-corrected chi connectivity index (χ1v) is 15.3. The summed E-state index contributed by atoms with van der Waals surface area (Å²) < 4.78 is 68.9. The fourth-order valence-electron chi connectivity index (χ4n) is 4.89. The summed E-state index contributed by atoms with van der Waals surface area (Å²) in [6.07, 6.45) is -2.84. The Morgan fingerprint density at radius 3 is 2.65 bits per heavy atom. The molecule has 3 fully saturated rings. The molecule has 1 saturated carbocycles. The largest absolute Gasteiger partial charge is 0.380 e. The Bertz CT molecular complexity index is 1440. The Hall–Kier alpha value is -1.89. The summed E-state index contributed by atoms with van der Waals surface area (Å²) in [7, 11) is -9.08. The van der Waals surface area contributed by atoms with Crippen LogP contribution >= 0.6 is 19.2 Å². The van der Waals surface area contributed by atoms with E-state index in [-0.39, 0.29) is 35.2 Å². The van der Waals surface area contributed by atoms with Crippen LogP contribution in [0.25, 0.3) is 11.0 Å². The van der Waals surface area contributed by atoms with E-state index in [1.54, 1.807) is 13.8 Å². The van der Waals surface area contributed by atoms with Gasteiger partial charge in [-0.15, -0.1) is 0 Å². The molecule has 0 amide bonds. The second kappa shape index (κ2) is 9.10. The van der Waals surface area contributed by atoms with Crippen molar-refractivity contribution in [3.8, 4) is 6.07 Å². The van der Waals surface area contributed by atoms with Crippen molar-refractivity contribution in [1.82, 2.24) is 14.8 Å². The summed E-state index contributed by atoms with van der Waals surface area (Å²) in [5.74, 6) is -1.83. The van der Waals surface area contributed by atoms with Gasteiger partial charge in [-0.3, -0.25) is 4.57 Å². The lowest BCUT2D eigenvalue weighted by atomic mass is 9.90. The van der Waals surface area contributed by atoms with Gasteiger partial charge in [0.15, 0.2) is 38.1 Å². The number of ether oxygens (including phenoxy) is 3. The minimum Gasteiger partial charge on any atom is -0.380 e. The number of hydrogen-bond donors (Lipinski definition) is 3. The number of anilines is 1. The molecule has 2 aromatic heterocycles. The molecule has 17 heteroatoms. The van der Waals surface area contributed by atoms with Gasteiger partial charge in [-0.05, 0) is 26.7 Å². The van der Waals surface area contributed by atoms with Gasteiger partial charge >= 0.3 is 7.60 Å². The first-order chi connectivity index (χ1) is 17.2. The van der Waals surface area contributed by atoms with Gasteiger partial charge in [0.05, 0.1) is 23.0 Å². The summed E-state index contributed by atoms with van der Waals surface area (Å²) in [5.41, 5.74) is -0.705. The molecule has 3 aliphatic rings. The molecule has 2 aliphatic heterocycles. The maximum Gasteiger partial charge on any atom is 0.340 e. The van der Waals surface area contributed by atoms with E-state index in [9.17, 15) is 22.6 Å². The molecule has 0 spiro atoms. The molecule has 1 aliphatic carbocycles. The summed E-state index contributed by atoms with van der Waals surface area (Å²) in [5, 5.41) is 17.5. The number of pyridine rings is 1. The van der Waals surface area contributed by atoms with Gasteiger partial charge in [0.1, 0.15) is 36.1 Å². The second-order valence-corrected chi connectivity index (χ2v) is 14.4. The molecular weight excluding hydrogens is 556 g/mol. The van der Waals surface area contributed by atoms with Crippen LogP contribution in [0.15, 0.2) is 6.20 Å². The summed E-state index contributed by atoms with van der Waals surface area (Å²) in [4.78, 5) is 22.6. The number of aromatic nitrogens is 3. The molecule has 202 valence electrons. The lowest BCUT2D eigenvalue weighted by Crippen LogP contribution is -2.36. The highest BCUT2D eigenvalue weighted by Gasteiger charge is 2.57. The Labute approximate surface area is 215 Å². The van der Waals surface area contributed by atoms with Crippen molar-refractivity contribution in [2.75, 3.05) is 16.6 Å². The fraction of sp³-hybridized carbons (Fsp3) is 0.650. The van der Waals surface area contributed by atoms with Crippen molar-refractivity contribution in [2.24, 2.45) is 0 Å². The van der Waals surface area contributed by atoms with Gasteiger partial charge in [0, 0.05) is 6.04 Å². The third-order valence-electron chi connectivity index (χ3n) is 6.39. The van der Waals surface area contributed by atoms with Crippen LogP contribution in [-0.4, -0.2) is 80.5 Å². The number of rotatable bonds is 7. The van der Waals surface area contributed by atoms with E-state index in [1.807, 2.05) is 6.07 Å². The molecule has 37 heavy (non-hydrogen) atoms. The standard InChI is InChI=1S/C20H24ClFN5O8PS/c1-20(2)34-15-13(7-37(31,32)8-36(28,29)30)33-19(16(15)35-20)27-18-12(6-24-27)14(11(5-23)17(21)26-18)25-10-3-9(22)4-10/h6,9-10,13,15-16,19H,3-4,7-8H2,1-2H3,(H,25,26)(H2,28,29,30)/t9?,10?,13-,15-,16-,19-/m1/s1. The lowest BCUT2D eigenvalue weighted by molar-refractivity contribution is -0.195. The first-order valence-electron chi connectivity index (χ1n) is 11.3. The zero-order valence-electron chi connectivity index (χ0n) is 19.6. The topological polar surface area (TPSA) is 186 Å². The number of fused-ring (bicyclic) bond motifs is 2. The van der Waals surface area contributed by atoms with Crippen LogP contribution in [-0.2, 0) is 28.6 Å². The van der Waals surface area contributed by atoms with E-state index in [1.165, 1.54) is 10.9 Å². The number of nitrogens with zero attached hydrogens (tertiary/aromatic N) is 4. The molecule has 4 atom stereocenters. The number of halogens is 2. The fourth-order valence-corrected chi connectivity index (χ4v) is 8.35. The number of nitrogens with one attached hydrogen (secondary N) is 1. The van der Waals surface area contributed by atoms with Gasteiger partial charge < -0.3 is 29.3 Å². The summed E-state index contributed by atoms with van der Waals surface area (Å²) >= 11 is 6.31. The predicted molar refractivity (Wildman–Crippen MR) is 127 cm³/mol. The quantitative estimate of drug-likeness (QED) is 0.319. The van der Waals surface area contributed by atoms with Crippen LogP contribution < -0.4 is 5.32 Å². The molecule has 3 N–H and O–H groups in total. The molecule has 0 bridgehead atoms. The Kier molecular flexibility index (Phi) is 6.57. The zero-order chi connectivity index (χ0) is 26.9. The number of sulfone groups is 1. The van der Waals surface area contributed by atoms with E-state index >= 15 is 0 Å². The van der Waals surface area contributed by atoms with Crippen molar-refractivity contribution in [1.29, 1.82) is 5.26 Å². The van der Waals surface area contributed by atoms with E-state index < -0.39 is 65.2 Å². The van der Waals surface area contributed by atoms with Crippen LogP contribution in [0, 0.1) is 11.3 Å². The van der Waals surface area contributed by atoms with Crippen molar-refractivity contribution in [3.05, 3.63) is 16.9 Å². The highest BCUT2D eigenvalue weighted by atomic mass is 35.5. The highest BCUT2D eigenvalue weighted by molar-refractivity contribution is 7.97. The van der Waals surface area contributed by atoms with Gasteiger partial charge in [0.25, 0.3) is 0 Å². The van der Waals surface area contributed by atoms with Gasteiger partial charge in [0.2, 0.25) is 0 Å². The second-order valence-electron chi connectivity index (χ2n) is 9.83. The average molecular weight is 580 g/mol. The number of alkyl halides is 1. The third kappa shape index (κ3) is 5.22. The molecule has 5 rings (SSSR count). The first kappa shape index (κ1) is 26.7. The number of hydrogen-bond acceptors (Lipinski definition) is 10. The van der Waals surface area contributed by atoms with Crippen LogP contribution in [0.1, 0.15) is 38.5 Å². The molecule has 0 radical (unpaired) electrons. The van der Waals surface area contributed by atoms with E-state index in [0.717, 1.165) is 0 Å². The molecule has 13 nitrogen and oxygen atoms in total. The smallest absolute Gasteiger partial charge is 0.340 e. The van der Waals surface area contributed by atoms with E-state index in [4.69, 9.17) is 35.6 Å². The van der Waals surface area contributed by atoms with Gasteiger partial charge in [-0.25, -0.2) is 22.5 Å². The van der Waals surface area contributed by atoms with Crippen molar-refractivity contribution < 1.29 is 41.4 Å². The third-order valence-corrected chi connectivity index (χ3v) is 10.4. The van der Waals surface area contributed by atoms with E-state index in [0.29, 0.717) is 11.1 Å². The molecule has 2 aromatic rings. The Morgan fingerprint density at radius 1 is 1.35 bits per heavy atom. The average Bonchev–Trinajstić information content (AvgIpc) is 3.36. The van der Waals surface area contributed by atoms with Gasteiger partial charge in [-0.2, -0.15) is 10.4 Å².